The molecule has 0 unspecified atom stereocenters. The van der Waals surface area contributed by atoms with Crippen LogP contribution in [-0.2, 0) is 17.6 Å². The molecule has 0 bridgehead atoms. The van der Waals surface area contributed by atoms with Gasteiger partial charge in [0.2, 0.25) is 0 Å². The molecule has 0 atom stereocenters. The van der Waals surface area contributed by atoms with Crippen molar-refractivity contribution in [3.05, 3.63) is 38.7 Å². The van der Waals surface area contributed by atoms with Gasteiger partial charge in [-0.1, -0.05) is 11.6 Å². The van der Waals surface area contributed by atoms with Crippen LogP contribution in [0.4, 0.5) is 4.79 Å². The summed E-state index contributed by atoms with van der Waals surface area (Å²) in [7, 11) is 0. The minimum atomic E-state index is -0.494. The summed E-state index contributed by atoms with van der Waals surface area (Å²) in [5.41, 5.74) is 1.74. The highest BCUT2D eigenvalue weighted by atomic mass is 35.5. The third-order valence-corrected chi connectivity index (χ3v) is 5.34. The zero-order chi connectivity index (χ0) is 22.0. The van der Waals surface area contributed by atoms with Crippen LogP contribution < -0.4 is 15.7 Å². The largest absolute Gasteiger partial charge is 0.482 e. The quantitative estimate of drug-likeness (QED) is 0.717. The molecule has 0 saturated carbocycles. The molecule has 1 aliphatic carbocycles. The van der Waals surface area contributed by atoms with E-state index in [1.807, 2.05) is 13.8 Å². The molecule has 1 aromatic heterocycles. The van der Waals surface area contributed by atoms with Crippen LogP contribution in [0.1, 0.15) is 51.7 Å². The first-order valence-corrected chi connectivity index (χ1v) is 10.6. The molecule has 0 fully saturated rings. The number of carbonyl (C=O) groups excluding carboxylic acids is 2. The Morgan fingerprint density at radius 3 is 2.47 bits per heavy atom. The lowest BCUT2D eigenvalue weighted by Gasteiger charge is -2.26. The lowest BCUT2D eigenvalue weighted by Crippen LogP contribution is -2.50. The molecule has 2 aromatic rings. The summed E-state index contributed by atoms with van der Waals surface area (Å²) >= 11 is 6.39. The molecule has 1 aromatic carbocycles. The maximum atomic E-state index is 12.6. The van der Waals surface area contributed by atoms with Gasteiger partial charge in [0, 0.05) is 29.1 Å². The first kappa shape index (κ1) is 22.2. The van der Waals surface area contributed by atoms with Gasteiger partial charge in [0.1, 0.15) is 11.3 Å². The molecule has 0 saturated heterocycles. The average molecular weight is 435 g/mol. The Morgan fingerprint density at radius 1 is 1.17 bits per heavy atom. The van der Waals surface area contributed by atoms with Gasteiger partial charge in [-0.05, 0) is 65.0 Å². The molecule has 1 N–H and O–H groups in total. The van der Waals surface area contributed by atoms with Gasteiger partial charge in [-0.3, -0.25) is 9.69 Å². The van der Waals surface area contributed by atoms with Crippen molar-refractivity contribution in [2.75, 3.05) is 6.61 Å². The normalized spacial score (nSPS) is 13.4. The van der Waals surface area contributed by atoms with Crippen molar-refractivity contribution >= 4 is 34.5 Å². The van der Waals surface area contributed by atoms with Gasteiger partial charge in [-0.15, -0.1) is 0 Å². The number of rotatable bonds is 5. The standard InChI is InChI=1S/C22H27ClN2O5/c1-12(2)24-22(28)25(13(3)4)20(26)11-29-19-10-18-16(9-17(19)23)14-7-5-6-8-15(14)21(27)30-18/h9-10,12-13H,5-8,11H2,1-4H3,(H,24,28). The molecule has 8 heteroatoms. The number of ether oxygens (including phenoxy) is 1. The Hall–Kier alpha value is -2.54. The SMILES string of the molecule is CC(C)NC(=O)N(C(=O)COc1cc2oc(=O)c3c(c2cc1Cl)CCCC3)C(C)C. The minimum absolute atomic E-state index is 0.101. The second-order valence-electron chi connectivity index (χ2n) is 8.08. The van der Waals surface area contributed by atoms with E-state index in [2.05, 4.69) is 5.32 Å². The Kier molecular flexibility index (Phi) is 6.71. The Bertz CT molecular complexity index is 1030. The number of nitrogens with zero attached hydrogens (tertiary/aromatic N) is 1. The number of imide groups is 1. The van der Waals surface area contributed by atoms with Crippen LogP contribution in [0.3, 0.4) is 0 Å². The summed E-state index contributed by atoms with van der Waals surface area (Å²) in [5.74, 6) is -0.268. The topological polar surface area (TPSA) is 88.8 Å². The third kappa shape index (κ3) is 4.61. The van der Waals surface area contributed by atoms with E-state index in [1.165, 1.54) is 6.07 Å². The number of fused-ring (bicyclic) bond motifs is 3. The van der Waals surface area contributed by atoms with Crippen molar-refractivity contribution < 1.29 is 18.7 Å². The lowest BCUT2D eigenvalue weighted by atomic mass is 9.91. The second-order valence-corrected chi connectivity index (χ2v) is 8.49. The maximum Gasteiger partial charge on any atom is 0.339 e. The first-order valence-electron chi connectivity index (χ1n) is 10.2. The second kappa shape index (κ2) is 9.08. The highest BCUT2D eigenvalue weighted by Crippen LogP contribution is 2.34. The van der Waals surface area contributed by atoms with Gasteiger partial charge in [-0.2, -0.15) is 0 Å². The molecule has 0 spiro atoms. The Balaban J connectivity index is 1.83. The minimum Gasteiger partial charge on any atom is -0.482 e. The summed E-state index contributed by atoms with van der Waals surface area (Å²) in [5, 5.41) is 3.83. The van der Waals surface area contributed by atoms with Gasteiger partial charge in [0.05, 0.1) is 5.02 Å². The average Bonchev–Trinajstić information content (AvgIpc) is 2.66. The fraction of sp³-hybridized carbons (Fsp3) is 0.500. The van der Waals surface area contributed by atoms with E-state index < -0.39 is 11.9 Å². The zero-order valence-electron chi connectivity index (χ0n) is 17.7. The van der Waals surface area contributed by atoms with Crippen LogP contribution in [0.5, 0.6) is 5.75 Å². The van der Waals surface area contributed by atoms with Crippen molar-refractivity contribution in [2.24, 2.45) is 0 Å². The number of nitrogens with one attached hydrogen (secondary N) is 1. The maximum absolute atomic E-state index is 12.6. The van der Waals surface area contributed by atoms with Crippen LogP contribution in [0.25, 0.3) is 11.0 Å². The molecule has 1 aliphatic rings. The van der Waals surface area contributed by atoms with Crippen LogP contribution in [0.15, 0.2) is 21.3 Å². The zero-order valence-corrected chi connectivity index (χ0v) is 18.5. The number of hydrogen-bond donors (Lipinski definition) is 1. The van der Waals surface area contributed by atoms with Crippen molar-refractivity contribution in [1.82, 2.24) is 10.2 Å². The van der Waals surface area contributed by atoms with Crippen molar-refractivity contribution in [3.8, 4) is 5.75 Å². The van der Waals surface area contributed by atoms with E-state index in [-0.39, 0.29) is 30.1 Å². The molecule has 1 heterocycles. The fourth-order valence-corrected chi connectivity index (χ4v) is 3.93. The van der Waals surface area contributed by atoms with Crippen molar-refractivity contribution in [1.29, 1.82) is 0 Å². The van der Waals surface area contributed by atoms with Crippen LogP contribution >= 0.6 is 11.6 Å². The van der Waals surface area contributed by atoms with E-state index in [9.17, 15) is 14.4 Å². The van der Waals surface area contributed by atoms with Gasteiger partial charge in [0.25, 0.3) is 5.91 Å². The first-order chi connectivity index (χ1) is 14.2. The molecule has 162 valence electrons. The summed E-state index contributed by atoms with van der Waals surface area (Å²) in [6.07, 6.45) is 3.50. The molecule has 0 radical (unpaired) electrons. The lowest BCUT2D eigenvalue weighted by molar-refractivity contribution is -0.131. The van der Waals surface area contributed by atoms with Gasteiger partial charge in [0.15, 0.2) is 6.61 Å². The fourth-order valence-electron chi connectivity index (χ4n) is 3.72. The molecule has 30 heavy (non-hydrogen) atoms. The van der Waals surface area contributed by atoms with Crippen molar-refractivity contribution in [2.45, 2.75) is 65.5 Å². The van der Waals surface area contributed by atoms with E-state index in [0.29, 0.717) is 17.0 Å². The third-order valence-electron chi connectivity index (χ3n) is 5.04. The summed E-state index contributed by atoms with van der Waals surface area (Å²) in [4.78, 5) is 38.4. The van der Waals surface area contributed by atoms with Crippen LogP contribution in [0, 0.1) is 0 Å². The molecule has 3 rings (SSSR count). The number of amides is 3. The van der Waals surface area contributed by atoms with E-state index in [4.69, 9.17) is 20.8 Å². The molecular weight excluding hydrogens is 408 g/mol. The van der Waals surface area contributed by atoms with Gasteiger partial charge >= 0.3 is 11.7 Å². The molecule has 0 aliphatic heterocycles. The van der Waals surface area contributed by atoms with Gasteiger partial charge < -0.3 is 14.5 Å². The molecule has 3 amide bonds. The number of benzene rings is 1. The summed E-state index contributed by atoms with van der Waals surface area (Å²) in [6.45, 7) is 6.76. The van der Waals surface area contributed by atoms with Crippen LogP contribution in [-0.4, -0.2) is 35.5 Å². The smallest absolute Gasteiger partial charge is 0.339 e. The number of hydrogen-bond acceptors (Lipinski definition) is 5. The monoisotopic (exact) mass is 434 g/mol. The Labute approximate surface area is 180 Å². The highest BCUT2D eigenvalue weighted by Gasteiger charge is 2.26. The summed E-state index contributed by atoms with van der Waals surface area (Å²) in [6, 6.07) is 2.34. The van der Waals surface area contributed by atoms with Crippen molar-refractivity contribution in [3.63, 3.8) is 0 Å². The number of urea groups is 1. The van der Waals surface area contributed by atoms with Gasteiger partial charge in [-0.25, -0.2) is 9.59 Å². The number of halogens is 1. The summed E-state index contributed by atoms with van der Waals surface area (Å²) < 4.78 is 11.1. The van der Waals surface area contributed by atoms with E-state index in [0.717, 1.165) is 40.7 Å². The molecule has 7 nitrogen and oxygen atoms in total. The van der Waals surface area contributed by atoms with E-state index >= 15 is 0 Å². The highest BCUT2D eigenvalue weighted by molar-refractivity contribution is 6.32. The number of aryl methyl sites for hydroxylation is 1. The van der Waals surface area contributed by atoms with Crippen LogP contribution in [0.2, 0.25) is 5.02 Å². The predicted molar refractivity (Wildman–Crippen MR) is 115 cm³/mol. The molecular formula is C22H27ClN2O5. The number of carbonyl (C=O) groups is 2. The Morgan fingerprint density at radius 2 is 1.83 bits per heavy atom. The predicted octanol–water partition coefficient (Wildman–Crippen LogP) is 4.06. The van der Waals surface area contributed by atoms with E-state index in [1.54, 1.807) is 19.9 Å².